The third kappa shape index (κ3) is 3.71. The number of hydrogen-bond donors (Lipinski definition) is 1. The number of amides is 1. The maximum absolute atomic E-state index is 12.3. The molecule has 2 rings (SSSR count). The van der Waals surface area contributed by atoms with Crippen LogP contribution in [-0.2, 0) is 4.79 Å². The molecular formula is C16H24N2O2. The van der Waals surface area contributed by atoms with Gasteiger partial charge >= 0.3 is 0 Å². The van der Waals surface area contributed by atoms with Crippen LogP contribution in [0.4, 0.5) is 5.69 Å². The van der Waals surface area contributed by atoms with Gasteiger partial charge in [-0.2, -0.15) is 0 Å². The summed E-state index contributed by atoms with van der Waals surface area (Å²) in [6.07, 6.45) is 8.04. The molecule has 1 N–H and O–H groups in total. The van der Waals surface area contributed by atoms with Crippen molar-refractivity contribution in [3.8, 4) is 5.88 Å². The second-order valence-electron chi connectivity index (χ2n) is 5.81. The fourth-order valence-electron chi connectivity index (χ4n) is 2.53. The van der Waals surface area contributed by atoms with E-state index in [1.54, 1.807) is 6.20 Å². The monoisotopic (exact) mass is 276 g/mol. The highest BCUT2D eigenvalue weighted by Crippen LogP contribution is 2.38. The van der Waals surface area contributed by atoms with E-state index in [0.29, 0.717) is 12.5 Å². The van der Waals surface area contributed by atoms with E-state index in [4.69, 9.17) is 4.74 Å². The molecule has 0 saturated heterocycles. The third-order valence-corrected chi connectivity index (χ3v) is 4.00. The van der Waals surface area contributed by atoms with Crippen molar-refractivity contribution in [1.82, 2.24) is 4.98 Å². The van der Waals surface area contributed by atoms with Crippen LogP contribution in [0.5, 0.6) is 5.88 Å². The van der Waals surface area contributed by atoms with Gasteiger partial charge in [0, 0.05) is 11.5 Å². The Kier molecular flexibility index (Phi) is 4.99. The van der Waals surface area contributed by atoms with Crippen LogP contribution >= 0.6 is 0 Å². The molecule has 4 nitrogen and oxygen atoms in total. The predicted octanol–water partition coefficient (Wildman–Crippen LogP) is 3.78. The molecule has 1 aromatic heterocycles. The third-order valence-electron chi connectivity index (χ3n) is 4.00. The minimum absolute atomic E-state index is 0.108. The molecule has 0 spiro atoms. The number of hydrogen-bond acceptors (Lipinski definition) is 3. The molecule has 1 saturated carbocycles. The summed E-state index contributed by atoms with van der Waals surface area (Å²) in [7, 11) is 0. The normalized spacial score (nSPS) is 16.9. The molecule has 0 aromatic carbocycles. The lowest BCUT2D eigenvalue weighted by molar-refractivity contribution is -0.124. The van der Waals surface area contributed by atoms with Crippen LogP contribution in [0.3, 0.4) is 0 Å². The lowest BCUT2D eigenvalue weighted by Crippen LogP contribution is -2.30. The molecule has 1 aromatic rings. The van der Waals surface area contributed by atoms with Crippen molar-refractivity contribution in [3.63, 3.8) is 0 Å². The van der Waals surface area contributed by atoms with E-state index in [-0.39, 0.29) is 11.3 Å². The zero-order chi connectivity index (χ0) is 14.4. The van der Waals surface area contributed by atoms with E-state index in [1.807, 2.05) is 19.1 Å². The van der Waals surface area contributed by atoms with Crippen LogP contribution in [0.2, 0.25) is 0 Å². The number of anilines is 1. The van der Waals surface area contributed by atoms with Gasteiger partial charge in [0.15, 0.2) is 0 Å². The summed E-state index contributed by atoms with van der Waals surface area (Å²) in [5, 5.41) is 2.96. The largest absolute Gasteiger partial charge is 0.478 e. The summed E-state index contributed by atoms with van der Waals surface area (Å²) < 4.78 is 5.50. The number of carbonyl (C=O) groups excluding carboxylic acids is 1. The van der Waals surface area contributed by atoms with Gasteiger partial charge in [0.2, 0.25) is 11.8 Å². The Morgan fingerprint density at radius 3 is 2.75 bits per heavy atom. The molecule has 4 heteroatoms. The molecule has 1 aliphatic rings. The quantitative estimate of drug-likeness (QED) is 0.804. The lowest BCUT2D eigenvalue weighted by atomic mass is 9.88. The van der Waals surface area contributed by atoms with Gasteiger partial charge in [0.25, 0.3) is 0 Å². The average Bonchev–Trinajstić information content (AvgIpc) is 2.89. The average molecular weight is 276 g/mol. The maximum atomic E-state index is 12.3. The molecular weight excluding hydrogens is 252 g/mol. The SMILES string of the molecule is CCCCOc1ccc(NC(=O)C2(C)CCCC2)cn1. The van der Waals surface area contributed by atoms with Gasteiger partial charge in [0.05, 0.1) is 18.5 Å². The Morgan fingerprint density at radius 2 is 2.15 bits per heavy atom. The Morgan fingerprint density at radius 1 is 1.40 bits per heavy atom. The smallest absolute Gasteiger partial charge is 0.230 e. The molecule has 0 atom stereocenters. The second kappa shape index (κ2) is 6.73. The first-order chi connectivity index (χ1) is 9.64. The summed E-state index contributed by atoms with van der Waals surface area (Å²) in [4.78, 5) is 16.5. The van der Waals surface area contributed by atoms with Gasteiger partial charge in [-0.25, -0.2) is 4.98 Å². The number of pyridine rings is 1. The van der Waals surface area contributed by atoms with Crippen molar-refractivity contribution in [2.75, 3.05) is 11.9 Å². The van der Waals surface area contributed by atoms with Gasteiger partial charge in [-0.05, 0) is 25.3 Å². The topological polar surface area (TPSA) is 51.2 Å². The first kappa shape index (κ1) is 14.8. The van der Waals surface area contributed by atoms with Crippen LogP contribution in [0, 0.1) is 5.41 Å². The molecule has 110 valence electrons. The first-order valence-corrected chi connectivity index (χ1v) is 7.54. The number of nitrogens with zero attached hydrogens (tertiary/aromatic N) is 1. The number of unbranched alkanes of at least 4 members (excludes halogenated alkanes) is 1. The van der Waals surface area contributed by atoms with E-state index in [2.05, 4.69) is 17.2 Å². The number of carbonyl (C=O) groups is 1. The maximum Gasteiger partial charge on any atom is 0.230 e. The van der Waals surface area contributed by atoms with Crippen molar-refractivity contribution in [3.05, 3.63) is 18.3 Å². The molecule has 0 radical (unpaired) electrons. The molecule has 1 amide bonds. The molecule has 0 unspecified atom stereocenters. The van der Waals surface area contributed by atoms with Crippen LogP contribution < -0.4 is 10.1 Å². The van der Waals surface area contributed by atoms with Gasteiger partial charge in [-0.3, -0.25) is 4.79 Å². The van der Waals surface area contributed by atoms with Crippen molar-refractivity contribution < 1.29 is 9.53 Å². The number of rotatable bonds is 6. The fourth-order valence-corrected chi connectivity index (χ4v) is 2.53. The lowest BCUT2D eigenvalue weighted by Gasteiger charge is -2.22. The van der Waals surface area contributed by atoms with E-state index in [1.165, 1.54) is 0 Å². The van der Waals surface area contributed by atoms with Crippen molar-refractivity contribution in [2.24, 2.45) is 5.41 Å². The van der Waals surface area contributed by atoms with Gasteiger partial charge in [0.1, 0.15) is 0 Å². The summed E-state index contributed by atoms with van der Waals surface area (Å²) in [5.41, 5.74) is 0.530. The number of nitrogens with one attached hydrogen (secondary N) is 1. The minimum atomic E-state index is -0.212. The zero-order valence-electron chi connectivity index (χ0n) is 12.4. The summed E-state index contributed by atoms with van der Waals surface area (Å²) in [6, 6.07) is 3.66. The molecule has 20 heavy (non-hydrogen) atoms. The fraction of sp³-hybridized carbons (Fsp3) is 0.625. The molecule has 0 bridgehead atoms. The van der Waals surface area contributed by atoms with Crippen LogP contribution in [0.15, 0.2) is 18.3 Å². The van der Waals surface area contributed by atoms with Gasteiger partial charge in [-0.1, -0.05) is 33.1 Å². The molecule has 1 fully saturated rings. The van der Waals surface area contributed by atoms with Crippen LogP contribution in [0.25, 0.3) is 0 Å². The van der Waals surface area contributed by atoms with E-state index in [0.717, 1.165) is 44.2 Å². The first-order valence-electron chi connectivity index (χ1n) is 7.54. The van der Waals surface area contributed by atoms with E-state index < -0.39 is 0 Å². The standard InChI is InChI=1S/C16H24N2O2/c1-3-4-11-20-14-8-7-13(12-17-14)18-15(19)16(2)9-5-6-10-16/h7-8,12H,3-6,9-11H2,1-2H3,(H,18,19). The predicted molar refractivity (Wildman–Crippen MR) is 79.8 cm³/mol. The van der Waals surface area contributed by atoms with Crippen molar-refractivity contribution >= 4 is 11.6 Å². The number of aromatic nitrogens is 1. The number of ether oxygens (including phenoxy) is 1. The molecule has 0 aliphatic heterocycles. The highest BCUT2D eigenvalue weighted by atomic mass is 16.5. The molecule has 1 heterocycles. The van der Waals surface area contributed by atoms with E-state index >= 15 is 0 Å². The second-order valence-corrected chi connectivity index (χ2v) is 5.81. The highest BCUT2D eigenvalue weighted by molar-refractivity contribution is 5.95. The van der Waals surface area contributed by atoms with Crippen LogP contribution in [-0.4, -0.2) is 17.5 Å². The summed E-state index contributed by atoms with van der Waals surface area (Å²) in [6.45, 7) is 4.86. The minimum Gasteiger partial charge on any atom is -0.478 e. The Labute approximate surface area is 120 Å². The Balaban J connectivity index is 1.88. The zero-order valence-corrected chi connectivity index (χ0v) is 12.4. The Bertz CT molecular complexity index is 436. The Hall–Kier alpha value is -1.58. The van der Waals surface area contributed by atoms with E-state index in [9.17, 15) is 4.79 Å². The van der Waals surface area contributed by atoms with Gasteiger partial charge in [-0.15, -0.1) is 0 Å². The molecule has 1 aliphatic carbocycles. The van der Waals surface area contributed by atoms with Crippen LogP contribution in [0.1, 0.15) is 52.4 Å². The van der Waals surface area contributed by atoms with Crippen molar-refractivity contribution in [2.45, 2.75) is 52.4 Å². The van der Waals surface area contributed by atoms with Crippen molar-refractivity contribution in [1.29, 1.82) is 0 Å². The highest BCUT2D eigenvalue weighted by Gasteiger charge is 2.36. The van der Waals surface area contributed by atoms with Gasteiger partial charge < -0.3 is 10.1 Å². The summed E-state index contributed by atoms with van der Waals surface area (Å²) in [5.74, 6) is 0.722. The summed E-state index contributed by atoms with van der Waals surface area (Å²) >= 11 is 0.